The zero-order chi connectivity index (χ0) is 22.1. The Hall–Kier alpha value is 0.900. The quantitative estimate of drug-likeness (QED) is 0.275. The van der Waals surface area contributed by atoms with Crippen LogP contribution in [0.5, 0.6) is 5.75 Å². The molecule has 0 heterocycles. The predicted octanol–water partition coefficient (Wildman–Crippen LogP) is -6.89. The van der Waals surface area contributed by atoms with Crippen LogP contribution in [0.15, 0.2) is 54.6 Å². The molecule has 2 aromatic carbocycles. The molecule has 33 heavy (non-hydrogen) atoms. The van der Waals surface area contributed by atoms with Crippen LogP contribution in [0.4, 0.5) is 18.0 Å². The number of halogens is 4. The van der Waals surface area contributed by atoms with Crippen molar-refractivity contribution < 1.29 is 131 Å². The van der Waals surface area contributed by atoms with Crippen molar-refractivity contribution in [2.75, 3.05) is 13.6 Å². The molecule has 1 atom stereocenters. The van der Waals surface area contributed by atoms with Gasteiger partial charge in [-0.05, 0) is 51.0 Å². The van der Waals surface area contributed by atoms with Crippen molar-refractivity contribution in [1.29, 1.82) is 0 Å². The van der Waals surface area contributed by atoms with Gasteiger partial charge in [-0.3, -0.25) is 0 Å². The normalized spacial score (nSPS) is 11.0. The fraction of sp³-hybridized carbons (Fsp3) is 0.278. The Kier molecular flexibility index (Phi) is 24.9. The van der Waals surface area contributed by atoms with E-state index in [9.17, 15) is 13.2 Å². The molecule has 0 spiro atoms. The second-order valence-corrected chi connectivity index (χ2v) is 7.06. The monoisotopic (exact) mass is 537 g/mol. The van der Waals surface area contributed by atoms with Gasteiger partial charge < -0.3 is 34.3 Å². The van der Waals surface area contributed by atoms with Crippen molar-refractivity contribution in [3.8, 4) is 5.75 Å². The summed E-state index contributed by atoms with van der Waals surface area (Å²) in [6.45, 7) is 0.750. The van der Waals surface area contributed by atoms with E-state index < -0.39 is 25.0 Å². The smallest absolute Gasteiger partial charge is 0.807 e. The van der Waals surface area contributed by atoms with Crippen molar-refractivity contribution >= 4 is 25.7 Å². The fourth-order valence-corrected chi connectivity index (χ4v) is 2.12. The second kappa shape index (κ2) is 20.0. The van der Waals surface area contributed by atoms with Crippen LogP contribution in [0.25, 0.3) is 0 Å². The summed E-state index contributed by atoms with van der Waals surface area (Å²) in [6, 6.07) is 14.4. The summed E-state index contributed by atoms with van der Waals surface area (Å²) < 4.78 is 52.7. The predicted molar refractivity (Wildman–Crippen MR) is 100 cm³/mol. The molecule has 0 aliphatic rings. The van der Waals surface area contributed by atoms with E-state index in [-0.39, 0.29) is 107 Å². The van der Waals surface area contributed by atoms with Gasteiger partial charge in [0.2, 0.25) is 0 Å². The zero-order valence-corrected chi connectivity index (χ0v) is 26.3. The fourth-order valence-electron chi connectivity index (χ4n) is 2.12. The molecule has 1 unspecified atom stereocenters. The van der Waals surface area contributed by atoms with E-state index >= 15 is 0 Å². The summed E-state index contributed by atoms with van der Waals surface area (Å²) in [6.07, 6.45) is -3.81. The molecule has 1 N–H and O–H groups in total. The first kappa shape index (κ1) is 41.0. The largest absolute Gasteiger partial charge is 1.00 e. The average Bonchev–Trinajstić information content (AvgIpc) is 2.65. The van der Waals surface area contributed by atoms with Gasteiger partial charge in [0.05, 0.1) is 11.3 Å². The van der Waals surface area contributed by atoms with E-state index in [1.807, 2.05) is 37.4 Å². The van der Waals surface area contributed by atoms with Crippen LogP contribution in [-0.4, -0.2) is 19.3 Å². The number of alkyl halides is 3. The van der Waals surface area contributed by atoms with Crippen molar-refractivity contribution in [1.82, 2.24) is 5.32 Å². The van der Waals surface area contributed by atoms with Crippen molar-refractivity contribution in [2.24, 2.45) is 0 Å². The third-order valence-electron chi connectivity index (χ3n) is 3.51. The van der Waals surface area contributed by atoms with Crippen LogP contribution in [0, 0.1) is 0 Å². The van der Waals surface area contributed by atoms with Gasteiger partial charge in [0.25, 0.3) is 0 Å². The molecule has 168 valence electrons. The van der Waals surface area contributed by atoms with Crippen LogP contribution >= 0.6 is 20.0 Å². The summed E-state index contributed by atoms with van der Waals surface area (Å²) in [5.41, 5.74) is -2.24. The number of hydrogen-bond donors (Lipinski definition) is 1. The summed E-state index contributed by atoms with van der Waals surface area (Å²) in [5.74, 6) is 0.429. The van der Waals surface area contributed by atoms with Crippen LogP contribution in [0.1, 0.15) is 23.7 Å². The minimum Gasteiger partial charge on any atom is -0.807 e. The molecule has 0 radical (unpaired) electrons. The molecule has 0 amide bonds. The van der Waals surface area contributed by atoms with Crippen LogP contribution in [0.2, 0.25) is 0 Å². The Morgan fingerprint density at radius 2 is 1.48 bits per heavy atom. The first-order chi connectivity index (χ1) is 13.4. The molecule has 2 aromatic rings. The third kappa shape index (κ3) is 17.1. The third-order valence-corrected chi connectivity index (χ3v) is 3.96. The van der Waals surface area contributed by atoms with E-state index in [2.05, 4.69) is 5.32 Å². The Bertz CT molecular complexity index is 829. The molecule has 0 aliphatic heterocycles. The molecule has 7 nitrogen and oxygen atoms in total. The Morgan fingerprint density at radius 3 is 1.85 bits per heavy atom. The molecule has 0 saturated carbocycles. The van der Waals surface area contributed by atoms with E-state index in [0.717, 1.165) is 30.7 Å². The molecule has 15 heteroatoms. The van der Waals surface area contributed by atoms with Gasteiger partial charge in [0, 0.05) is 6.42 Å². The summed E-state index contributed by atoms with van der Waals surface area (Å²) >= 11 is 0. The number of carboxylic acid groups (broad SMARTS) is 1. The molecule has 2 rings (SSSR count). The van der Waals surface area contributed by atoms with Crippen LogP contribution < -0.4 is 114 Å². The minimum atomic E-state index is -5.43. The minimum absolute atomic E-state index is 0. The van der Waals surface area contributed by atoms with E-state index in [1.54, 1.807) is 0 Å². The summed E-state index contributed by atoms with van der Waals surface area (Å²) in [5, 5.41) is 12.1. The second-order valence-electron chi connectivity index (χ2n) is 5.69. The molecule has 0 bridgehead atoms. The number of ether oxygens (including phenoxy) is 1. The van der Waals surface area contributed by atoms with Gasteiger partial charge in [-0.15, -0.1) is 12.4 Å². The summed E-state index contributed by atoms with van der Waals surface area (Å²) in [4.78, 5) is 27.3. The number of nitrogens with one attached hydrogen (secondary N) is 1. The maximum atomic E-state index is 12.6. The molecular formula is C18H19ClF3NNa3O6P. The zero-order valence-electron chi connectivity index (χ0n) is 18.6. The number of rotatable bonds is 7. The summed E-state index contributed by atoms with van der Waals surface area (Å²) in [7, 11) is -3.58. The molecule has 0 saturated heterocycles. The van der Waals surface area contributed by atoms with Gasteiger partial charge in [0.15, 0.2) is 0 Å². The van der Waals surface area contributed by atoms with Gasteiger partial charge >= 0.3 is 94.8 Å². The SMILES string of the molecule is CNCCC(Oc1ccc(C(F)(F)F)cc1)c1ccccc1.Cl.O=C([O-])P(=O)([O-])[O-].[Na+].[Na+].[Na+]. The van der Waals surface area contributed by atoms with E-state index in [4.69, 9.17) is 29.0 Å². The maximum Gasteiger partial charge on any atom is 1.00 e. The molecule has 0 aromatic heterocycles. The first-order valence-corrected chi connectivity index (χ1v) is 9.76. The van der Waals surface area contributed by atoms with Crippen molar-refractivity contribution in [3.63, 3.8) is 0 Å². The Morgan fingerprint density at radius 1 is 1.03 bits per heavy atom. The van der Waals surface area contributed by atoms with Gasteiger partial charge in [-0.1, -0.05) is 30.3 Å². The molecular weight excluding hydrogens is 519 g/mol. The molecule has 0 aliphatic carbocycles. The maximum absolute atomic E-state index is 12.6. The van der Waals surface area contributed by atoms with Crippen molar-refractivity contribution in [2.45, 2.75) is 18.7 Å². The number of carbonyl (C=O) groups excluding carboxylic acids is 1. The number of carbonyl (C=O) groups is 1. The van der Waals surface area contributed by atoms with Crippen LogP contribution in [-0.2, 0) is 10.7 Å². The van der Waals surface area contributed by atoms with Crippen molar-refractivity contribution in [3.05, 3.63) is 65.7 Å². The van der Waals surface area contributed by atoms with E-state index in [0.29, 0.717) is 5.75 Å². The molecule has 0 fully saturated rings. The Labute approximate surface area is 262 Å². The van der Waals surface area contributed by atoms with E-state index in [1.165, 1.54) is 12.1 Å². The average molecular weight is 538 g/mol. The number of hydrogen-bond acceptors (Lipinski definition) is 7. The Balaban J connectivity index is -0.000000337. The standard InChI is InChI=1S/C17H18F3NO.CH3O5P.ClH.3Na/c1-21-12-11-16(13-5-3-2-4-6-13)22-15-9-7-14(8-10-15)17(18,19)20;2-1(3)7(4,5)6;;;;/h2-10,16,21H,11-12H2,1H3;(H,2,3)(H2,4,5,6);1H;;;/q;;;3*+1/p-3. The van der Waals surface area contributed by atoms with Crippen LogP contribution in [0.3, 0.4) is 0 Å². The topological polar surface area (TPSA) is 125 Å². The van der Waals surface area contributed by atoms with Gasteiger partial charge in [-0.25, -0.2) is 0 Å². The number of benzene rings is 2. The first-order valence-electron chi connectivity index (χ1n) is 8.22. The van der Waals surface area contributed by atoms with Gasteiger partial charge in [-0.2, -0.15) is 13.2 Å². The van der Waals surface area contributed by atoms with Gasteiger partial charge in [0.1, 0.15) is 11.9 Å².